The molecule has 0 bridgehead atoms. The van der Waals surface area contributed by atoms with Gasteiger partial charge in [0.05, 0.1) is 5.69 Å². The van der Waals surface area contributed by atoms with Crippen molar-refractivity contribution in [1.29, 1.82) is 0 Å². The summed E-state index contributed by atoms with van der Waals surface area (Å²) in [5, 5.41) is 6.43. The van der Waals surface area contributed by atoms with Crippen molar-refractivity contribution in [1.82, 2.24) is 0 Å². The van der Waals surface area contributed by atoms with Crippen molar-refractivity contribution in [3.63, 3.8) is 0 Å². The Morgan fingerprint density at radius 1 is 0.929 bits per heavy atom. The monoisotopic (exact) mass is 371 g/mol. The third-order valence-electron chi connectivity index (χ3n) is 4.34. The van der Waals surface area contributed by atoms with E-state index in [0.717, 1.165) is 5.56 Å². The standard InChI is InChI=1S/C22H17N3O3/c1-15-11-13-16(14-12-15)23-22(27)28-24-20-18-9-5-6-10-19(18)25(21(20)26)17-7-3-2-4-8-17/h2-14H,1H3,(H,23,27)/b24-20+. The molecule has 0 atom stereocenters. The first kappa shape index (κ1) is 17.5. The molecule has 2 amide bonds. The number of para-hydroxylation sites is 2. The van der Waals surface area contributed by atoms with Gasteiger partial charge in [-0.25, -0.2) is 4.79 Å². The van der Waals surface area contributed by atoms with Crippen LogP contribution in [0.25, 0.3) is 0 Å². The second-order valence-electron chi connectivity index (χ2n) is 6.30. The van der Waals surface area contributed by atoms with Crippen LogP contribution in [0.4, 0.5) is 21.9 Å². The lowest BCUT2D eigenvalue weighted by molar-refractivity contribution is -0.111. The van der Waals surface area contributed by atoms with Crippen LogP contribution in [0.3, 0.4) is 0 Å². The number of rotatable bonds is 3. The van der Waals surface area contributed by atoms with Crippen molar-refractivity contribution in [2.24, 2.45) is 5.16 Å². The van der Waals surface area contributed by atoms with Crippen molar-refractivity contribution >= 4 is 34.8 Å². The summed E-state index contributed by atoms with van der Waals surface area (Å²) in [5.74, 6) is -0.351. The number of carbonyl (C=O) groups excluding carboxylic acids is 2. The summed E-state index contributed by atoms with van der Waals surface area (Å²) < 4.78 is 0. The molecule has 1 heterocycles. The number of nitrogens with zero attached hydrogens (tertiary/aromatic N) is 2. The number of aryl methyl sites for hydroxylation is 1. The average molecular weight is 371 g/mol. The lowest BCUT2D eigenvalue weighted by atomic mass is 10.1. The molecule has 0 aromatic heterocycles. The van der Waals surface area contributed by atoms with Crippen LogP contribution >= 0.6 is 0 Å². The third kappa shape index (κ3) is 3.35. The van der Waals surface area contributed by atoms with Crippen LogP contribution in [0, 0.1) is 6.92 Å². The second kappa shape index (κ2) is 7.36. The Morgan fingerprint density at radius 2 is 1.61 bits per heavy atom. The number of benzene rings is 3. The van der Waals surface area contributed by atoms with Gasteiger partial charge >= 0.3 is 6.09 Å². The van der Waals surface area contributed by atoms with Crippen molar-refractivity contribution in [2.75, 3.05) is 10.2 Å². The van der Waals surface area contributed by atoms with Gasteiger partial charge in [-0.2, -0.15) is 0 Å². The molecule has 6 heteroatoms. The molecular formula is C22H17N3O3. The number of oxime groups is 1. The number of carbonyl (C=O) groups is 2. The fraction of sp³-hybridized carbons (Fsp3) is 0.0455. The van der Waals surface area contributed by atoms with Crippen molar-refractivity contribution in [2.45, 2.75) is 6.92 Å². The van der Waals surface area contributed by atoms with E-state index in [2.05, 4.69) is 10.5 Å². The Bertz CT molecular complexity index is 1060. The lowest BCUT2D eigenvalue weighted by Crippen LogP contribution is -2.26. The van der Waals surface area contributed by atoms with Crippen molar-refractivity contribution < 1.29 is 14.4 Å². The molecule has 3 aromatic rings. The number of anilines is 3. The molecule has 138 valence electrons. The first-order valence-corrected chi connectivity index (χ1v) is 8.75. The lowest BCUT2D eigenvalue weighted by Gasteiger charge is -2.16. The van der Waals surface area contributed by atoms with E-state index in [4.69, 9.17) is 4.84 Å². The minimum absolute atomic E-state index is 0.0820. The first-order valence-electron chi connectivity index (χ1n) is 8.75. The molecule has 3 aromatic carbocycles. The largest absolute Gasteiger partial charge is 0.437 e. The van der Waals surface area contributed by atoms with Gasteiger partial charge in [0, 0.05) is 16.9 Å². The summed E-state index contributed by atoms with van der Waals surface area (Å²) >= 11 is 0. The number of hydrogen-bond acceptors (Lipinski definition) is 4. The quantitative estimate of drug-likeness (QED) is 0.539. The summed E-state index contributed by atoms with van der Waals surface area (Å²) in [6.45, 7) is 1.95. The van der Waals surface area contributed by atoms with Gasteiger partial charge in [0.25, 0.3) is 5.91 Å². The fourth-order valence-corrected chi connectivity index (χ4v) is 2.99. The van der Waals surface area contributed by atoms with E-state index in [-0.39, 0.29) is 11.6 Å². The van der Waals surface area contributed by atoms with E-state index in [9.17, 15) is 9.59 Å². The minimum atomic E-state index is -0.764. The maximum absolute atomic E-state index is 13.0. The highest BCUT2D eigenvalue weighted by Gasteiger charge is 2.35. The summed E-state index contributed by atoms with van der Waals surface area (Å²) in [6.07, 6.45) is -0.764. The maximum atomic E-state index is 13.0. The minimum Gasteiger partial charge on any atom is -0.297 e. The zero-order valence-electron chi connectivity index (χ0n) is 15.1. The van der Waals surface area contributed by atoms with E-state index < -0.39 is 6.09 Å². The van der Waals surface area contributed by atoms with Gasteiger partial charge in [-0.1, -0.05) is 59.3 Å². The highest BCUT2D eigenvalue weighted by Crippen LogP contribution is 2.35. The average Bonchev–Trinajstić information content (AvgIpc) is 3.00. The van der Waals surface area contributed by atoms with Crippen molar-refractivity contribution in [3.05, 3.63) is 90.0 Å². The molecule has 1 aliphatic heterocycles. The Hall–Kier alpha value is -3.93. The number of amides is 2. The SMILES string of the molecule is Cc1ccc(NC(=O)O/N=C2/C(=O)N(c3ccccc3)c3ccccc32)cc1. The molecule has 6 nitrogen and oxygen atoms in total. The van der Waals surface area contributed by atoms with Crippen LogP contribution in [-0.2, 0) is 9.63 Å². The molecular weight excluding hydrogens is 354 g/mol. The van der Waals surface area contributed by atoms with Gasteiger partial charge in [-0.05, 0) is 37.3 Å². The van der Waals surface area contributed by atoms with Crippen LogP contribution in [0.2, 0.25) is 0 Å². The molecule has 0 saturated heterocycles. The van der Waals surface area contributed by atoms with Gasteiger partial charge in [-0.15, -0.1) is 0 Å². The van der Waals surface area contributed by atoms with Crippen LogP contribution in [0.1, 0.15) is 11.1 Å². The predicted molar refractivity (Wildman–Crippen MR) is 108 cm³/mol. The smallest absolute Gasteiger partial charge is 0.297 e. The van der Waals surface area contributed by atoms with Crippen LogP contribution in [-0.4, -0.2) is 17.7 Å². The van der Waals surface area contributed by atoms with E-state index in [0.29, 0.717) is 22.6 Å². The predicted octanol–water partition coefficient (Wildman–Crippen LogP) is 4.63. The van der Waals surface area contributed by atoms with Gasteiger partial charge in [-0.3, -0.25) is 19.8 Å². The number of hydrogen-bond donors (Lipinski definition) is 1. The Balaban J connectivity index is 1.58. The van der Waals surface area contributed by atoms with Crippen LogP contribution in [0.15, 0.2) is 84.0 Å². The van der Waals surface area contributed by atoms with E-state index >= 15 is 0 Å². The molecule has 28 heavy (non-hydrogen) atoms. The van der Waals surface area contributed by atoms with Gasteiger partial charge in [0.2, 0.25) is 0 Å². The maximum Gasteiger partial charge on any atom is 0.437 e. The molecule has 0 fully saturated rings. The molecule has 0 spiro atoms. The molecule has 1 N–H and O–H groups in total. The summed E-state index contributed by atoms with van der Waals surface area (Å²) in [5.41, 5.74) is 3.76. The number of nitrogens with one attached hydrogen (secondary N) is 1. The van der Waals surface area contributed by atoms with E-state index in [1.165, 1.54) is 0 Å². The molecule has 0 aliphatic carbocycles. The number of fused-ring (bicyclic) bond motifs is 1. The molecule has 0 saturated carbocycles. The first-order chi connectivity index (χ1) is 13.6. The summed E-state index contributed by atoms with van der Waals surface area (Å²) in [6, 6.07) is 23.8. The van der Waals surface area contributed by atoms with Crippen LogP contribution in [0.5, 0.6) is 0 Å². The second-order valence-corrected chi connectivity index (χ2v) is 6.30. The molecule has 0 radical (unpaired) electrons. The topological polar surface area (TPSA) is 71.0 Å². The zero-order valence-corrected chi connectivity index (χ0v) is 15.1. The van der Waals surface area contributed by atoms with Crippen LogP contribution < -0.4 is 10.2 Å². The van der Waals surface area contributed by atoms with Crippen molar-refractivity contribution in [3.8, 4) is 0 Å². The van der Waals surface area contributed by atoms with E-state index in [1.54, 1.807) is 23.1 Å². The zero-order chi connectivity index (χ0) is 19.5. The van der Waals surface area contributed by atoms with Gasteiger partial charge in [0.1, 0.15) is 0 Å². The Morgan fingerprint density at radius 3 is 2.36 bits per heavy atom. The summed E-state index contributed by atoms with van der Waals surface area (Å²) in [4.78, 5) is 31.5. The molecule has 4 rings (SSSR count). The summed E-state index contributed by atoms with van der Waals surface area (Å²) in [7, 11) is 0. The van der Waals surface area contributed by atoms with E-state index in [1.807, 2.05) is 67.6 Å². The molecule has 0 unspecified atom stereocenters. The highest BCUT2D eigenvalue weighted by atomic mass is 16.7. The fourth-order valence-electron chi connectivity index (χ4n) is 2.99. The normalized spacial score (nSPS) is 14.1. The Labute approximate surface area is 162 Å². The van der Waals surface area contributed by atoms with Gasteiger partial charge in [0.15, 0.2) is 5.71 Å². The third-order valence-corrected chi connectivity index (χ3v) is 4.34. The van der Waals surface area contributed by atoms with Gasteiger partial charge < -0.3 is 0 Å². The highest BCUT2D eigenvalue weighted by molar-refractivity contribution is 6.55. The molecule has 1 aliphatic rings. The Kier molecular flexibility index (Phi) is 4.60.